The quantitative estimate of drug-likeness (QED) is 0.728. The second-order valence-corrected chi connectivity index (χ2v) is 7.50. The second-order valence-electron chi connectivity index (χ2n) is 7.50. The van der Waals surface area contributed by atoms with Gasteiger partial charge < -0.3 is 10.2 Å². The maximum atomic E-state index is 12.7. The number of carbonyl (C=O) groups is 2. The summed E-state index contributed by atoms with van der Waals surface area (Å²) in [5.74, 6) is 0.228. The van der Waals surface area contributed by atoms with Gasteiger partial charge >= 0.3 is 0 Å². The first-order valence-electron chi connectivity index (χ1n) is 10.1. The molecule has 4 rings (SSSR count). The van der Waals surface area contributed by atoms with Crippen LogP contribution >= 0.6 is 0 Å². The number of rotatable bonds is 5. The Morgan fingerprint density at radius 3 is 2.66 bits per heavy atom. The zero-order valence-electron chi connectivity index (χ0n) is 16.6. The molecule has 2 amide bonds. The van der Waals surface area contributed by atoms with Gasteiger partial charge in [-0.25, -0.2) is 0 Å². The first kappa shape index (κ1) is 19.1. The van der Waals surface area contributed by atoms with Crippen molar-refractivity contribution in [3.63, 3.8) is 0 Å². The number of para-hydroxylation sites is 1. The smallest absolute Gasteiger partial charge is 0.251 e. The van der Waals surface area contributed by atoms with E-state index in [0.717, 1.165) is 36.0 Å². The van der Waals surface area contributed by atoms with Gasteiger partial charge in [-0.15, -0.1) is 0 Å². The lowest BCUT2D eigenvalue weighted by Crippen LogP contribution is -2.28. The fourth-order valence-corrected chi connectivity index (χ4v) is 4.01. The molecule has 0 radical (unpaired) electrons. The Labute approximate surface area is 170 Å². The third-order valence-corrected chi connectivity index (χ3v) is 5.64. The summed E-state index contributed by atoms with van der Waals surface area (Å²) in [4.78, 5) is 31.8. The lowest BCUT2D eigenvalue weighted by Gasteiger charge is -2.17. The molecule has 0 spiro atoms. The number of likely N-dealkylation sites (tertiary alicyclic amines) is 1. The highest BCUT2D eigenvalue weighted by Crippen LogP contribution is 2.29. The molecule has 3 aromatic rings. The van der Waals surface area contributed by atoms with E-state index >= 15 is 0 Å². The van der Waals surface area contributed by atoms with Gasteiger partial charge in [-0.2, -0.15) is 0 Å². The number of hydrogen-bond acceptors (Lipinski definition) is 3. The monoisotopic (exact) mass is 387 g/mol. The Morgan fingerprint density at radius 2 is 1.86 bits per heavy atom. The minimum absolute atomic E-state index is 0.112. The molecule has 5 nitrogen and oxygen atoms in total. The van der Waals surface area contributed by atoms with E-state index in [-0.39, 0.29) is 17.7 Å². The number of fused-ring (bicyclic) bond motifs is 1. The number of hydrogen-bond donors (Lipinski definition) is 1. The molecule has 0 aliphatic carbocycles. The van der Waals surface area contributed by atoms with Crippen LogP contribution in [-0.2, 0) is 11.2 Å². The topological polar surface area (TPSA) is 62.3 Å². The molecule has 0 bridgehead atoms. The summed E-state index contributed by atoms with van der Waals surface area (Å²) in [5.41, 5.74) is 3.53. The van der Waals surface area contributed by atoms with Crippen molar-refractivity contribution in [3.05, 3.63) is 77.5 Å². The molecule has 1 fully saturated rings. The Hall–Kier alpha value is -3.21. The van der Waals surface area contributed by atoms with Crippen LogP contribution in [0.25, 0.3) is 10.9 Å². The van der Waals surface area contributed by atoms with E-state index in [1.807, 2.05) is 53.4 Å². The first-order valence-corrected chi connectivity index (χ1v) is 10.1. The fraction of sp³-hybridized carbons (Fsp3) is 0.292. The van der Waals surface area contributed by atoms with Crippen molar-refractivity contribution in [1.82, 2.24) is 15.2 Å². The number of carbonyl (C=O) groups excluding carboxylic acids is 2. The molecule has 0 unspecified atom stereocenters. The average molecular weight is 387 g/mol. The van der Waals surface area contributed by atoms with Crippen LogP contribution in [0.15, 0.2) is 60.7 Å². The molecule has 1 atom stereocenters. The molecule has 5 heteroatoms. The van der Waals surface area contributed by atoms with Crippen LogP contribution in [-0.4, -0.2) is 41.8 Å². The van der Waals surface area contributed by atoms with Crippen LogP contribution in [0.5, 0.6) is 0 Å². The van der Waals surface area contributed by atoms with E-state index < -0.39 is 0 Å². The third kappa shape index (κ3) is 4.14. The van der Waals surface area contributed by atoms with Crippen molar-refractivity contribution in [1.29, 1.82) is 0 Å². The van der Waals surface area contributed by atoms with Gasteiger partial charge in [-0.3, -0.25) is 14.6 Å². The molecule has 1 aliphatic heterocycles. The highest BCUT2D eigenvalue weighted by molar-refractivity contribution is 6.06. The Balaban J connectivity index is 1.49. The first-order chi connectivity index (χ1) is 14.2. The number of aromatic nitrogens is 1. The molecule has 1 aromatic heterocycles. The SMILES string of the molecule is CNC(=O)c1cc([C@H]2CCN(C(=O)CCc3ccccc3)C2)nc2ccccc12. The van der Waals surface area contributed by atoms with Crippen molar-refractivity contribution in [2.24, 2.45) is 0 Å². The molecule has 1 aliphatic rings. The largest absolute Gasteiger partial charge is 0.355 e. The molecule has 0 saturated carbocycles. The van der Waals surface area contributed by atoms with Crippen LogP contribution < -0.4 is 5.32 Å². The number of pyridine rings is 1. The van der Waals surface area contributed by atoms with Crippen LogP contribution in [0.4, 0.5) is 0 Å². The predicted molar refractivity (Wildman–Crippen MR) is 114 cm³/mol. The number of nitrogens with one attached hydrogen (secondary N) is 1. The van der Waals surface area contributed by atoms with E-state index in [1.54, 1.807) is 7.05 Å². The van der Waals surface area contributed by atoms with Crippen molar-refractivity contribution in [2.45, 2.75) is 25.2 Å². The second kappa shape index (κ2) is 8.43. The van der Waals surface area contributed by atoms with Crippen LogP contribution in [0, 0.1) is 0 Å². The van der Waals surface area contributed by atoms with Gasteiger partial charge in [0.25, 0.3) is 5.91 Å². The highest BCUT2D eigenvalue weighted by Gasteiger charge is 2.29. The molecule has 2 heterocycles. The standard InChI is InChI=1S/C24H25N3O2/c1-25-24(29)20-15-22(26-21-10-6-5-9-19(20)21)18-13-14-27(16-18)23(28)12-11-17-7-3-2-4-8-17/h2-10,15,18H,11-14,16H2,1H3,(H,25,29)/t18-/m0/s1. The van der Waals surface area contributed by atoms with E-state index in [9.17, 15) is 9.59 Å². The van der Waals surface area contributed by atoms with Crippen molar-refractivity contribution >= 4 is 22.7 Å². The lowest BCUT2D eigenvalue weighted by molar-refractivity contribution is -0.130. The highest BCUT2D eigenvalue weighted by atomic mass is 16.2. The Morgan fingerprint density at radius 1 is 1.10 bits per heavy atom. The summed E-state index contributed by atoms with van der Waals surface area (Å²) in [6, 6.07) is 19.7. The van der Waals surface area contributed by atoms with Gasteiger partial charge in [0.15, 0.2) is 0 Å². The van der Waals surface area contributed by atoms with E-state index in [2.05, 4.69) is 17.4 Å². The van der Waals surface area contributed by atoms with E-state index in [0.29, 0.717) is 18.5 Å². The maximum absolute atomic E-state index is 12.7. The molecule has 1 N–H and O–H groups in total. The maximum Gasteiger partial charge on any atom is 0.251 e. The number of benzene rings is 2. The summed E-state index contributed by atoms with van der Waals surface area (Å²) in [7, 11) is 1.64. The number of nitrogens with zero attached hydrogens (tertiary/aromatic N) is 2. The minimum atomic E-state index is -0.112. The van der Waals surface area contributed by atoms with Gasteiger partial charge in [0.05, 0.1) is 11.1 Å². The summed E-state index contributed by atoms with van der Waals surface area (Å²) in [6.45, 7) is 1.40. The minimum Gasteiger partial charge on any atom is -0.355 e. The van der Waals surface area contributed by atoms with Crippen LogP contribution in [0.3, 0.4) is 0 Å². The van der Waals surface area contributed by atoms with Gasteiger partial charge in [-0.1, -0.05) is 48.5 Å². The molecular weight excluding hydrogens is 362 g/mol. The number of amides is 2. The van der Waals surface area contributed by atoms with Gasteiger partial charge in [0, 0.05) is 43.6 Å². The summed E-state index contributed by atoms with van der Waals surface area (Å²) >= 11 is 0. The third-order valence-electron chi connectivity index (χ3n) is 5.64. The summed E-state index contributed by atoms with van der Waals surface area (Å²) < 4.78 is 0. The molecule has 2 aromatic carbocycles. The van der Waals surface area contributed by atoms with Crippen LogP contribution in [0.1, 0.15) is 40.4 Å². The van der Waals surface area contributed by atoms with Gasteiger partial charge in [0.2, 0.25) is 5.91 Å². The van der Waals surface area contributed by atoms with Gasteiger partial charge in [-0.05, 0) is 30.5 Å². The van der Waals surface area contributed by atoms with Crippen molar-refractivity contribution in [3.8, 4) is 0 Å². The average Bonchev–Trinajstić information content (AvgIpc) is 3.27. The number of aryl methyl sites for hydroxylation is 1. The molecule has 148 valence electrons. The zero-order chi connectivity index (χ0) is 20.2. The summed E-state index contributed by atoms with van der Waals surface area (Å²) in [5, 5.41) is 3.57. The predicted octanol–water partition coefficient (Wildman–Crippen LogP) is 3.54. The Bertz CT molecular complexity index is 1030. The van der Waals surface area contributed by atoms with Crippen LogP contribution in [0.2, 0.25) is 0 Å². The normalized spacial score (nSPS) is 16.2. The van der Waals surface area contributed by atoms with Crippen molar-refractivity contribution in [2.75, 3.05) is 20.1 Å². The fourth-order valence-electron chi connectivity index (χ4n) is 4.01. The summed E-state index contributed by atoms with van der Waals surface area (Å²) in [6.07, 6.45) is 2.15. The Kier molecular flexibility index (Phi) is 5.56. The zero-order valence-corrected chi connectivity index (χ0v) is 16.6. The van der Waals surface area contributed by atoms with Gasteiger partial charge in [0.1, 0.15) is 0 Å². The molecular formula is C24H25N3O2. The lowest BCUT2D eigenvalue weighted by atomic mass is 9.99. The molecule has 29 heavy (non-hydrogen) atoms. The van der Waals surface area contributed by atoms with E-state index in [4.69, 9.17) is 4.98 Å². The van der Waals surface area contributed by atoms with E-state index in [1.165, 1.54) is 5.56 Å². The van der Waals surface area contributed by atoms with Crippen molar-refractivity contribution < 1.29 is 9.59 Å². The molecule has 1 saturated heterocycles.